The van der Waals surface area contributed by atoms with Gasteiger partial charge in [0.15, 0.2) is 6.61 Å². The lowest BCUT2D eigenvalue weighted by Gasteiger charge is -2.36. The molecule has 0 saturated carbocycles. The minimum atomic E-state index is -0.361. The molecule has 174 valence electrons. The third-order valence-corrected chi connectivity index (χ3v) is 6.07. The number of rotatable bonds is 7. The standard InChI is InChI=1S/C24H27ClN4O4/c25-18-3-1-4-20(15-18)27-11-13-28(14-12-27)24(32)16-26-22(30)17-33-21-8-6-19(7-9-21)29-10-2-5-23(29)31/h1,3-4,6-9,15H,2,5,10-14,16-17H2,(H,26,30). The highest BCUT2D eigenvalue weighted by Gasteiger charge is 2.22. The predicted molar refractivity (Wildman–Crippen MR) is 127 cm³/mol. The van der Waals surface area contributed by atoms with E-state index in [0.29, 0.717) is 43.4 Å². The highest BCUT2D eigenvalue weighted by atomic mass is 35.5. The summed E-state index contributed by atoms with van der Waals surface area (Å²) in [6, 6.07) is 14.8. The second kappa shape index (κ2) is 10.6. The van der Waals surface area contributed by atoms with Crippen molar-refractivity contribution in [2.45, 2.75) is 12.8 Å². The Bertz CT molecular complexity index is 1010. The van der Waals surface area contributed by atoms with Gasteiger partial charge in [-0.1, -0.05) is 17.7 Å². The molecular weight excluding hydrogens is 444 g/mol. The summed E-state index contributed by atoms with van der Waals surface area (Å²) in [6.45, 7) is 3.08. The maximum atomic E-state index is 12.5. The van der Waals surface area contributed by atoms with Gasteiger partial charge in [0.2, 0.25) is 11.8 Å². The number of carbonyl (C=O) groups excluding carboxylic acids is 3. The Morgan fingerprint density at radius 3 is 2.39 bits per heavy atom. The smallest absolute Gasteiger partial charge is 0.258 e. The van der Waals surface area contributed by atoms with Crippen molar-refractivity contribution in [1.29, 1.82) is 0 Å². The average Bonchev–Trinajstić information content (AvgIpc) is 3.27. The highest BCUT2D eigenvalue weighted by Crippen LogP contribution is 2.24. The van der Waals surface area contributed by atoms with Crippen molar-refractivity contribution in [2.24, 2.45) is 0 Å². The van der Waals surface area contributed by atoms with Crippen molar-refractivity contribution in [3.05, 3.63) is 53.6 Å². The van der Waals surface area contributed by atoms with Crippen LogP contribution in [0.5, 0.6) is 5.75 Å². The van der Waals surface area contributed by atoms with Gasteiger partial charge in [-0.25, -0.2) is 0 Å². The molecule has 2 aliphatic heterocycles. The van der Waals surface area contributed by atoms with Crippen LogP contribution in [0.4, 0.5) is 11.4 Å². The summed E-state index contributed by atoms with van der Waals surface area (Å²) in [4.78, 5) is 42.1. The zero-order chi connectivity index (χ0) is 23.2. The third-order valence-electron chi connectivity index (χ3n) is 5.83. The molecule has 0 spiro atoms. The van der Waals surface area contributed by atoms with E-state index >= 15 is 0 Å². The van der Waals surface area contributed by atoms with Crippen molar-refractivity contribution in [3.8, 4) is 5.75 Å². The van der Waals surface area contributed by atoms with Crippen LogP contribution in [0.1, 0.15) is 12.8 Å². The van der Waals surface area contributed by atoms with Gasteiger partial charge < -0.3 is 24.8 Å². The number of nitrogens with one attached hydrogen (secondary N) is 1. The summed E-state index contributed by atoms with van der Waals surface area (Å²) in [5.74, 6) is 0.177. The second-order valence-electron chi connectivity index (χ2n) is 8.06. The van der Waals surface area contributed by atoms with Gasteiger partial charge in [0.1, 0.15) is 5.75 Å². The molecule has 33 heavy (non-hydrogen) atoms. The largest absolute Gasteiger partial charge is 0.484 e. The van der Waals surface area contributed by atoms with Gasteiger partial charge in [-0.15, -0.1) is 0 Å². The summed E-state index contributed by atoms with van der Waals surface area (Å²) in [7, 11) is 0. The van der Waals surface area contributed by atoms with Gasteiger partial charge in [0, 0.05) is 55.5 Å². The molecule has 2 fully saturated rings. The van der Waals surface area contributed by atoms with Gasteiger partial charge in [0.25, 0.3) is 5.91 Å². The molecule has 9 heteroatoms. The Kier molecular flexibility index (Phi) is 7.34. The van der Waals surface area contributed by atoms with Crippen LogP contribution >= 0.6 is 11.6 Å². The van der Waals surface area contributed by atoms with Crippen LogP contribution in [-0.2, 0) is 14.4 Å². The van der Waals surface area contributed by atoms with Gasteiger partial charge in [-0.05, 0) is 48.9 Å². The number of nitrogens with zero attached hydrogens (tertiary/aromatic N) is 3. The van der Waals surface area contributed by atoms with E-state index in [2.05, 4.69) is 10.2 Å². The van der Waals surface area contributed by atoms with Crippen LogP contribution in [0.2, 0.25) is 5.02 Å². The Hall–Kier alpha value is -3.26. The Morgan fingerprint density at radius 2 is 1.73 bits per heavy atom. The molecular formula is C24H27ClN4O4. The molecule has 1 N–H and O–H groups in total. The molecule has 0 bridgehead atoms. The first-order valence-corrected chi connectivity index (χ1v) is 11.5. The number of anilines is 2. The van der Waals surface area contributed by atoms with Gasteiger partial charge in [-0.3, -0.25) is 14.4 Å². The lowest BCUT2D eigenvalue weighted by Crippen LogP contribution is -2.51. The van der Waals surface area contributed by atoms with Crippen LogP contribution in [0, 0.1) is 0 Å². The molecule has 3 amide bonds. The molecule has 4 rings (SSSR count). The topological polar surface area (TPSA) is 82.2 Å². The lowest BCUT2D eigenvalue weighted by atomic mass is 10.2. The van der Waals surface area contributed by atoms with E-state index in [0.717, 1.165) is 24.3 Å². The maximum Gasteiger partial charge on any atom is 0.258 e. The predicted octanol–water partition coefficient (Wildman–Crippen LogP) is 2.31. The Labute approximate surface area is 198 Å². The van der Waals surface area contributed by atoms with Gasteiger partial charge in [-0.2, -0.15) is 0 Å². The molecule has 0 unspecified atom stereocenters. The van der Waals surface area contributed by atoms with Crippen molar-refractivity contribution in [1.82, 2.24) is 10.2 Å². The quantitative estimate of drug-likeness (QED) is 0.671. The van der Waals surface area contributed by atoms with Gasteiger partial charge in [0.05, 0.1) is 6.54 Å². The molecule has 2 heterocycles. The first-order valence-electron chi connectivity index (χ1n) is 11.1. The van der Waals surface area contributed by atoms with Crippen molar-refractivity contribution < 1.29 is 19.1 Å². The van der Waals surface area contributed by atoms with Crippen molar-refractivity contribution >= 4 is 40.7 Å². The number of ether oxygens (including phenoxy) is 1. The number of benzene rings is 2. The molecule has 0 aromatic heterocycles. The maximum absolute atomic E-state index is 12.5. The summed E-state index contributed by atoms with van der Waals surface area (Å²) < 4.78 is 5.50. The molecule has 0 radical (unpaired) electrons. The highest BCUT2D eigenvalue weighted by molar-refractivity contribution is 6.30. The summed E-state index contributed by atoms with van der Waals surface area (Å²) in [5.41, 5.74) is 1.87. The average molecular weight is 471 g/mol. The zero-order valence-electron chi connectivity index (χ0n) is 18.3. The van der Waals surface area contributed by atoms with E-state index in [4.69, 9.17) is 16.3 Å². The minimum absolute atomic E-state index is 0.0602. The van der Waals surface area contributed by atoms with E-state index in [1.54, 1.807) is 21.9 Å². The zero-order valence-corrected chi connectivity index (χ0v) is 19.1. The van der Waals surface area contributed by atoms with E-state index in [1.165, 1.54) is 0 Å². The number of piperazine rings is 1. The Morgan fingerprint density at radius 1 is 0.970 bits per heavy atom. The second-order valence-corrected chi connectivity index (χ2v) is 8.49. The molecule has 2 aromatic rings. The minimum Gasteiger partial charge on any atom is -0.484 e. The fourth-order valence-corrected chi connectivity index (χ4v) is 4.20. The number of hydrogen-bond acceptors (Lipinski definition) is 5. The van der Waals surface area contributed by atoms with Crippen LogP contribution in [0.25, 0.3) is 0 Å². The summed E-state index contributed by atoms with van der Waals surface area (Å²) >= 11 is 6.06. The normalized spacial score (nSPS) is 16.2. The van der Waals surface area contributed by atoms with E-state index in [-0.39, 0.29) is 30.9 Å². The molecule has 2 saturated heterocycles. The van der Waals surface area contributed by atoms with Crippen LogP contribution in [0.3, 0.4) is 0 Å². The van der Waals surface area contributed by atoms with E-state index < -0.39 is 0 Å². The summed E-state index contributed by atoms with van der Waals surface area (Å²) in [5, 5.41) is 3.31. The van der Waals surface area contributed by atoms with Crippen molar-refractivity contribution in [2.75, 3.05) is 55.7 Å². The summed E-state index contributed by atoms with van der Waals surface area (Å²) in [6.07, 6.45) is 1.45. The number of amides is 3. The van der Waals surface area contributed by atoms with E-state index in [1.807, 2.05) is 36.4 Å². The molecule has 2 aliphatic rings. The Balaban J connectivity index is 1.16. The van der Waals surface area contributed by atoms with Crippen LogP contribution in [0.15, 0.2) is 48.5 Å². The molecule has 8 nitrogen and oxygen atoms in total. The lowest BCUT2D eigenvalue weighted by molar-refractivity contribution is -0.133. The molecule has 2 aromatic carbocycles. The number of hydrogen-bond donors (Lipinski definition) is 1. The van der Waals surface area contributed by atoms with Crippen LogP contribution < -0.4 is 19.9 Å². The molecule has 0 aliphatic carbocycles. The fourth-order valence-electron chi connectivity index (χ4n) is 4.02. The van der Waals surface area contributed by atoms with E-state index in [9.17, 15) is 14.4 Å². The third kappa shape index (κ3) is 5.96. The van der Waals surface area contributed by atoms with Gasteiger partial charge >= 0.3 is 0 Å². The SMILES string of the molecule is O=C(COc1ccc(N2CCCC2=O)cc1)NCC(=O)N1CCN(c2cccc(Cl)c2)CC1. The monoisotopic (exact) mass is 470 g/mol. The first-order chi connectivity index (χ1) is 16.0. The first kappa shape index (κ1) is 22.9. The molecule has 0 atom stereocenters. The number of halogens is 1. The number of carbonyl (C=O) groups is 3. The fraction of sp³-hybridized carbons (Fsp3) is 0.375. The van der Waals surface area contributed by atoms with Crippen molar-refractivity contribution in [3.63, 3.8) is 0 Å². The van der Waals surface area contributed by atoms with Crippen LogP contribution in [-0.4, -0.2) is 68.5 Å².